The fourth-order valence-corrected chi connectivity index (χ4v) is 2.57. The highest BCUT2D eigenvalue weighted by Gasteiger charge is 2.28. The first-order valence-electron chi connectivity index (χ1n) is 7.18. The van der Waals surface area contributed by atoms with Crippen LogP contribution in [0.15, 0.2) is 10.9 Å². The average Bonchev–Trinajstić information content (AvgIpc) is 2.93. The van der Waals surface area contributed by atoms with E-state index < -0.39 is 0 Å². The molecule has 2 aromatic rings. The number of aryl methyl sites for hydroxylation is 1. The van der Waals surface area contributed by atoms with E-state index in [0.29, 0.717) is 24.2 Å². The third kappa shape index (κ3) is 2.73. The molecule has 7 nitrogen and oxygen atoms in total. The van der Waals surface area contributed by atoms with Crippen molar-refractivity contribution in [2.45, 2.75) is 39.8 Å². The first-order valence-corrected chi connectivity index (χ1v) is 7.18. The molecule has 1 aliphatic rings. The standard InChI is InChI=1S/C14H19N5O2/c1-4-20-14-11-7-19(6-5-12(11)15-8-16-14)9(2)13-17-10(3)18-21-13/h8-9H,4-7H2,1-3H3/t9-/m1/s1. The van der Waals surface area contributed by atoms with Gasteiger partial charge in [-0.05, 0) is 20.8 Å². The van der Waals surface area contributed by atoms with E-state index >= 15 is 0 Å². The van der Waals surface area contributed by atoms with Crippen molar-refractivity contribution >= 4 is 0 Å². The smallest absolute Gasteiger partial charge is 0.243 e. The molecule has 2 aromatic heterocycles. The van der Waals surface area contributed by atoms with E-state index in [1.165, 1.54) is 0 Å². The molecule has 0 spiro atoms. The van der Waals surface area contributed by atoms with Gasteiger partial charge in [0.2, 0.25) is 11.8 Å². The van der Waals surface area contributed by atoms with Crippen LogP contribution in [0, 0.1) is 6.92 Å². The minimum Gasteiger partial charge on any atom is -0.478 e. The van der Waals surface area contributed by atoms with Crippen LogP contribution >= 0.6 is 0 Å². The molecule has 0 aliphatic carbocycles. The molecule has 7 heteroatoms. The number of aromatic nitrogens is 4. The molecule has 1 atom stereocenters. The van der Waals surface area contributed by atoms with Gasteiger partial charge in [-0.1, -0.05) is 5.16 Å². The van der Waals surface area contributed by atoms with Gasteiger partial charge in [0.05, 0.1) is 18.3 Å². The fraction of sp³-hybridized carbons (Fsp3) is 0.571. The zero-order valence-corrected chi connectivity index (χ0v) is 12.5. The molecule has 1 aliphatic heterocycles. The summed E-state index contributed by atoms with van der Waals surface area (Å²) in [5.74, 6) is 1.99. The Labute approximate surface area is 123 Å². The fourth-order valence-electron chi connectivity index (χ4n) is 2.57. The van der Waals surface area contributed by atoms with Crippen molar-refractivity contribution in [2.24, 2.45) is 0 Å². The largest absolute Gasteiger partial charge is 0.478 e. The number of fused-ring (bicyclic) bond motifs is 1. The first kappa shape index (κ1) is 13.9. The third-order valence-corrected chi connectivity index (χ3v) is 3.72. The maximum absolute atomic E-state index is 5.61. The lowest BCUT2D eigenvalue weighted by Crippen LogP contribution is -2.34. The minimum atomic E-state index is 0.0639. The number of rotatable bonds is 4. The molecule has 0 aromatic carbocycles. The zero-order valence-electron chi connectivity index (χ0n) is 12.5. The second-order valence-electron chi connectivity index (χ2n) is 5.11. The minimum absolute atomic E-state index is 0.0639. The van der Waals surface area contributed by atoms with E-state index in [1.807, 2.05) is 13.8 Å². The predicted molar refractivity (Wildman–Crippen MR) is 74.8 cm³/mol. The Bertz CT molecular complexity index is 628. The van der Waals surface area contributed by atoms with Crippen LogP contribution < -0.4 is 4.74 Å². The SMILES string of the molecule is CCOc1ncnc2c1CN([C@H](C)c1nc(C)no1)CC2. The molecule has 0 radical (unpaired) electrons. The van der Waals surface area contributed by atoms with Crippen molar-refractivity contribution in [3.8, 4) is 5.88 Å². The van der Waals surface area contributed by atoms with Gasteiger partial charge in [-0.2, -0.15) is 4.98 Å². The Hall–Kier alpha value is -2.02. The Kier molecular flexibility index (Phi) is 3.83. The van der Waals surface area contributed by atoms with Crippen molar-refractivity contribution in [1.29, 1.82) is 0 Å². The van der Waals surface area contributed by atoms with Gasteiger partial charge in [0.25, 0.3) is 0 Å². The molecule has 0 bridgehead atoms. The lowest BCUT2D eigenvalue weighted by Gasteiger charge is -2.31. The van der Waals surface area contributed by atoms with E-state index in [9.17, 15) is 0 Å². The predicted octanol–water partition coefficient (Wildman–Crippen LogP) is 1.69. The number of hydrogen-bond donors (Lipinski definition) is 0. The molecule has 3 rings (SSSR count). The quantitative estimate of drug-likeness (QED) is 0.847. The van der Waals surface area contributed by atoms with Gasteiger partial charge in [-0.25, -0.2) is 9.97 Å². The summed E-state index contributed by atoms with van der Waals surface area (Å²) in [6.45, 7) is 8.08. The summed E-state index contributed by atoms with van der Waals surface area (Å²) in [5, 5.41) is 3.86. The van der Waals surface area contributed by atoms with Crippen molar-refractivity contribution in [1.82, 2.24) is 25.0 Å². The van der Waals surface area contributed by atoms with Crippen LogP contribution in [0.1, 0.15) is 42.9 Å². The maximum Gasteiger partial charge on any atom is 0.243 e. The van der Waals surface area contributed by atoms with E-state index in [1.54, 1.807) is 6.33 Å². The van der Waals surface area contributed by atoms with Gasteiger partial charge in [-0.15, -0.1) is 0 Å². The van der Waals surface area contributed by atoms with Crippen molar-refractivity contribution in [3.05, 3.63) is 29.3 Å². The van der Waals surface area contributed by atoms with Gasteiger partial charge < -0.3 is 9.26 Å². The van der Waals surface area contributed by atoms with Gasteiger partial charge in [0, 0.05) is 25.1 Å². The van der Waals surface area contributed by atoms with Crippen molar-refractivity contribution in [3.63, 3.8) is 0 Å². The second-order valence-corrected chi connectivity index (χ2v) is 5.11. The summed E-state index contributed by atoms with van der Waals surface area (Å²) in [6.07, 6.45) is 2.44. The number of hydrogen-bond acceptors (Lipinski definition) is 7. The Balaban J connectivity index is 1.83. The summed E-state index contributed by atoms with van der Waals surface area (Å²) >= 11 is 0. The van der Waals surface area contributed by atoms with Crippen LogP contribution in [0.3, 0.4) is 0 Å². The second kappa shape index (κ2) is 5.77. The van der Waals surface area contributed by atoms with E-state index in [-0.39, 0.29) is 6.04 Å². The highest BCUT2D eigenvalue weighted by molar-refractivity contribution is 5.31. The molecular formula is C14H19N5O2. The van der Waals surface area contributed by atoms with Crippen LogP contribution in [0.25, 0.3) is 0 Å². The lowest BCUT2D eigenvalue weighted by molar-refractivity contribution is 0.153. The third-order valence-electron chi connectivity index (χ3n) is 3.72. The molecule has 0 saturated heterocycles. The molecule has 0 unspecified atom stereocenters. The van der Waals surface area contributed by atoms with Crippen LogP contribution in [0.4, 0.5) is 0 Å². The Morgan fingerprint density at radius 2 is 2.29 bits per heavy atom. The van der Waals surface area contributed by atoms with Gasteiger partial charge in [0.1, 0.15) is 6.33 Å². The highest BCUT2D eigenvalue weighted by atomic mass is 16.5. The Morgan fingerprint density at radius 3 is 3.00 bits per heavy atom. The summed E-state index contributed by atoms with van der Waals surface area (Å²) in [4.78, 5) is 15.2. The first-order chi connectivity index (χ1) is 10.2. The summed E-state index contributed by atoms with van der Waals surface area (Å²) in [6, 6.07) is 0.0639. The maximum atomic E-state index is 5.61. The van der Waals surface area contributed by atoms with Crippen LogP contribution in [-0.2, 0) is 13.0 Å². The molecule has 0 N–H and O–H groups in total. The van der Waals surface area contributed by atoms with Crippen LogP contribution in [0.5, 0.6) is 5.88 Å². The number of nitrogens with zero attached hydrogens (tertiary/aromatic N) is 5. The van der Waals surface area contributed by atoms with Gasteiger partial charge >= 0.3 is 0 Å². The zero-order chi connectivity index (χ0) is 14.8. The van der Waals surface area contributed by atoms with Gasteiger partial charge in [0.15, 0.2) is 5.82 Å². The topological polar surface area (TPSA) is 77.2 Å². The van der Waals surface area contributed by atoms with Gasteiger partial charge in [-0.3, -0.25) is 4.90 Å². The molecular weight excluding hydrogens is 270 g/mol. The molecule has 0 saturated carbocycles. The summed E-state index contributed by atoms with van der Waals surface area (Å²) in [5.41, 5.74) is 2.13. The summed E-state index contributed by atoms with van der Waals surface area (Å²) in [7, 11) is 0. The lowest BCUT2D eigenvalue weighted by atomic mass is 10.0. The normalized spacial score (nSPS) is 16.5. The van der Waals surface area contributed by atoms with Crippen LogP contribution in [-0.4, -0.2) is 38.2 Å². The molecule has 112 valence electrons. The van der Waals surface area contributed by atoms with Crippen LogP contribution in [0.2, 0.25) is 0 Å². The molecule has 21 heavy (non-hydrogen) atoms. The van der Waals surface area contributed by atoms with E-state index in [2.05, 4.69) is 31.9 Å². The molecule has 3 heterocycles. The highest BCUT2D eigenvalue weighted by Crippen LogP contribution is 2.29. The Morgan fingerprint density at radius 1 is 1.43 bits per heavy atom. The van der Waals surface area contributed by atoms with E-state index in [4.69, 9.17) is 9.26 Å². The average molecular weight is 289 g/mol. The van der Waals surface area contributed by atoms with Crippen molar-refractivity contribution < 1.29 is 9.26 Å². The monoisotopic (exact) mass is 289 g/mol. The number of ether oxygens (including phenoxy) is 1. The molecule has 0 amide bonds. The molecule has 0 fully saturated rings. The van der Waals surface area contributed by atoms with E-state index in [0.717, 1.165) is 30.8 Å². The van der Waals surface area contributed by atoms with Crippen molar-refractivity contribution in [2.75, 3.05) is 13.2 Å². The summed E-state index contributed by atoms with van der Waals surface area (Å²) < 4.78 is 10.9.